The van der Waals surface area contributed by atoms with Gasteiger partial charge in [0.2, 0.25) is 5.91 Å². The molecule has 1 aliphatic heterocycles. The highest BCUT2D eigenvalue weighted by atomic mass is 35.5. The molecule has 28 heavy (non-hydrogen) atoms. The zero-order chi connectivity index (χ0) is 19.8. The summed E-state index contributed by atoms with van der Waals surface area (Å²) in [5, 5.41) is 6.59. The third-order valence-electron chi connectivity index (χ3n) is 4.40. The number of halogens is 1. The van der Waals surface area contributed by atoms with Crippen LogP contribution < -0.4 is 15.5 Å². The zero-order valence-electron chi connectivity index (χ0n) is 15.4. The lowest BCUT2D eigenvalue weighted by Gasteiger charge is -2.23. The summed E-state index contributed by atoms with van der Waals surface area (Å²) in [6.45, 7) is 4.73. The number of quaternary nitrogens is 1. The monoisotopic (exact) mass is 416 g/mol. The summed E-state index contributed by atoms with van der Waals surface area (Å²) < 4.78 is 5.39. The first-order chi connectivity index (χ1) is 13.6. The van der Waals surface area contributed by atoms with Crippen molar-refractivity contribution in [1.29, 1.82) is 0 Å². The van der Waals surface area contributed by atoms with Crippen LogP contribution in [0.1, 0.15) is 11.1 Å². The number of morpholine rings is 1. The standard InChI is InChI=1S/C21H22ClN3O2S/c22-18-6-1-16(2-7-18)5-10-20(26)24-21(28)23-19-8-3-17(4-9-19)15-25-11-13-27-14-12-25/h1-10H,11-15H2,(H2,23,24,26,28)/p+1/b10-5+. The van der Waals surface area contributed by atoms with E-state index in [1.165, 1.54) is 16.5 Å². The molecule has 1 amide bonds. The minimum atomic E-state index is -0.292. The predicted octanol–water partition coefficient (Wildman–Crippen LogP) is 2.28. The van der Waals surface area contributed by atoms with Gasteiger partial charge in [-0.2, -0.15) is 0 Å². The van der Waals surface area contributed by atoms with Crippen molar-refractivity contribution in [3.63, 3.8) is 0 Å². The zero-order valence-corrected chi connectivity index (χ0v) is 17.0. The summed E-state index contributed by atoms with van der Waals surface area (Å²) in [6, 6.07) is 15.3. The van der Waals surface area contributed by atoms with Gasteiger partial charge in [0.05, 0.1) is 13.2 Å². The lowest BCUT2D eigenvalue weighted by atomic mass is 10.2. The quantitative estimate of drug-likeness (QED) is 0.517. The van der Waals surface area contributed by atoms with Crippen LogP contribution in [0.3, 0.4) is 0 Å². The number of hydrogen-bond donors (Lipinski definition) is 3. The maximum Gasteiger partial charge on any atom is 0.250 e. The average molecular weight is 417 g/mol. The van der Waals surface area contributed by atoms with Gasteiger partial charge in [-0.05, 0) is 48.1 Å². The average Bonchev–Trinajstić information content (AvgIpc) is 2.70. The van der Waals surface area contributed by atoms with Crippen LogP contribution in [0.5, 0.6) is 0 Å². The van der Waals surface area contributed by atoms with E-state index in [0.717, 1.165) is 44.1 Å². The number of nitrogens with one attached hydrogen (secondary N) is 3. The van der Waals surface area contributed by atoms with E-state index in [-0.39, 0.29) is 11.0 Å². The van der Waals surface area contributed by atoms with Crippen molar-refractivity contribution in [2.45, 2.75) is 6.54 Å². The van der Waals surface area contributed by atoms with Crippen LogP contribution in [0.2, 0.25) is 5.02 Å². The van der Waals surface area contributed by atoms with Crippen molar-refractivity contribution >= 4 is 46.6 Å². The number of carbonyl (C=O) groups excluding carboxylic acids is 1. The van der Waals surface area contributed by atoms with Crippen LogP contribution in [0, 0.1) is 0 Å². The summed E-state index contributed by atoms with van der Waals surface area (Å²) in [5.74, 6) is -0.292. The molecule has 0 atom stereocenters. The molecular formula is C21H23ClN3O2S+. The highest BCUT2D eigenvalue weighted by Crippen LogP contribution is 2.11. The first-order valence-electron chi connectivity index (χ1n) is 9.14. The Balaban J connectivity index is 1.45. The largest absolute Gasteiger partial charge is 0.370 e. The molecule has 2 aromatic carbocycles. The number of rotatable bonds is 5. The molecule has 0 saturated carbocycles. The summed E-state index contributed by atoms with van der Waals surface area (Å²) in [6.07, 6.45) is 3.14. The molecule has 0 aromatic heterocycles. The Kier molecular flexibility index (Phi) is 7.56. The van der Waals surface area contributed by atoms with Crippen molar-refractivity contribution < 1.29 is 14.4 Å². The van der Waals surface area contributed by atoms with Gasteiger partial charge in [0.1, 0.15) is 19.6 Å². The van der Waals surface area contributed by atoms with Gasteiger partial charge < -0.3 is 15.0 Å². The first-order valence-corrected chi connectivity index (χ1v) is 9.93. The lowest BCUT2D eigenvalue weighted by Crippen LogP contribution is -3.12. The van der Waals surface area contributed by atoms with Crippen LogP contribution >= 0.6 is 23.8 Å². The molecule has 7 heteroatoms. The number of carbonyl (C=O) groups is 1. The fraction of sp³-hybridized carbons (Fsp3) is 0.238. The Morgan fingerprint density at radius 3 is 2.46 bits per heavy atom. The molecule has 0 unspecified atom stereocenters. The van der Waals surface area contributed by atoms with Crippen LogP contribution in [-0.2, 0) is 16.1 Å². The fourth-order valence-electron chi connectivity index (χ4n) is 2.89. The molecule has 3 rings (SSSR count). The number of thiocarbonyl (C=S) groups is 1. The topological polar surface area (TPSA) is 54.8 Å². The Bertz CT molecular complexity index is 832. The maximum atomic E-state index is 12.0. The molecule has 146 valence electrons. The highest BCUT2D eigenvalue weighted by Gasteiger charge is 2.14. The molecule has 2 aromatic rings. The number of hydrogen-bond acceptors (Lipinski definition) is 3. The molecule has 0 bridgehead atoms. The summed E-state index contributed by atoms with van der Waals surface area (Å²) in [7, 11) is 0. The van der Waals surface area contributed by atoms with Crippen molar-refractivity contribution in [3.8, 4) is 0 Å². The minimum absolute atomic E-state index is 0.261. The molecule has 1 aliphatic rings. The van der Waals surface area contributed by atoms with Gasteiger partial charge in [-0.1, -0.05) is 35.9 Å². The van der Waals surface area contributed by atoms with E-state index in [9.17, 15) is 4.79 Å². The van der Waals surface area contributed by atoms with Crippen molar-refractivity contribution in [3.05, 3.63) is 70.8 Å². The Labute approximate surface area is 175 Å². The molecule has 1 fully saturated rings. The molecule has 0 aliphatic carbocycles. The number of amides is 1. The molecule has 1 heterocycles. The van der Waals surface area contributed by atoms with E-state index in [4.69, 9.17) is 28.6 Å². The predicted molar refractivity (Wildman–Crippen MR) is 117 cm³/mol. The van der Waals surface area contributed by atoms with Crippen LogP contribution in [-0.4, -0.2) is 37.3 Å². The van der Waals surface area contributed by atoms with Gasteiger partial charge in [0.15, 0.2) is 5.11 Å². The van der Waals surface area contributed by atoms with Gasteiger partial charge in [-0.25, -0.2) is 0 Å². The lowest BCUT2D eigenvalue weighted by molar-refractivity contribution is -0.921. The molecule has 1 saturated heterocycles. The fourth-order valence-corrected chi connectivity index (χ4v) is 3.24. The maximum absolute atomic E-state index is 12.0. The van der Waals surface area contributed by atoms with E-state index >= 15 is 0 Å². The number of benzene rings is 2. The number of ether oxygens (including phenoxy) is 1. The third kappa shape index (κ3) is 6.73. The molecule has 0 spiro atoms. The van der Waals surface area contributed by atoms with Gasteiger partial charge in [-0.15, -0.1) is 0 Å². The highest BCUT2D eigenvalue weighted by molar-refractivity contribution is 7.80. The molecular weight excluding hydrogens is 394 g/mol. The number of anilines is 1. The second-order valence-electron chi connectivity index (χ2n) is 6.56. The summed E-state index contributed by atoms with van der Waals surface area (Å²) >= 11 is 11.1. The van der Waals surface area contributed by atoms with Gasteiger partial charge in [-0.3, -0.25) is 10.1 Å². The Morgan fingerprint density at radius 1 is 1.11 bits per heavy atom. The SMILES string of the molecule is O=C(/C=C/c1ccc(Cl)cc1)NC(=S)Nc1ccc(C[NH+]2CCOCC2)cc1. The smallest absolute Gasteiger partial charge is 0.250 e. The second-order valence-corrected chi connectivity index (χ2v) is 7.41. The molecule has 0 radical (unpaired) electrons. The van der Waals surface area contributed by atoms with Gasteiger partial charge in [0.25, 0.3) is 0 Å². The van der Waals surface area contributed by atoms with Gasteiger partial charge >= 0.3 is 0 Å². The van der Waals surface area contributed by atoms with Crippen LogP contribution in [0.15, 0.2) is 54.6 Å². The van der Waals surface area contributed by atoms with Gasteiger partial charge in [0, 0.05) is 22.3 Å². The molecule has 5 nitrogen and oxygen atoms in total. The third-order valence-corrected chi connectivity index (χ3v) is 4.86. The first kappa shape index (κ1) is 20.5. The Hall–Kier alpha value is -2.25. The van der Waals surface area contributed by atoms with E-state index < -0.39 is 0 Å². The van der Waals surface area contributed by atoms with E-state index in [1.807, 2.05) is 24.3 Å². The molecule has 3 N–H and O–H groups in total. The summed E-state index contributed by atoms with van der Waals surface area (Å²) in [4.78, 5) is 13.5. The minimum Gasteiger partial charge on any atom is -0.370 e. The summed E-state index contributed by atoms with van der Waals surface area (Å²) in [5.41, 5.74) is 2.99. The van der Waals surface area contributed by atoms with Crippen molar-refractivity contribution in [2.75, 3.05) is 31.6 Å². The van der Waals surface area contributed by atoms with Crippen LogP contribution in [0.25, 0.3) is 6.08 Å². The van der Waals surface area contributed by atoms with Crippen molar-refractivity contribution in [2.24, 2.45) is 0 Å². The van der Waals surface area contributed by atoms with E-state index in [1.54, 1.807) is 18.2 Å². The Morgan fingerprint density at radius 2 is 1.79 bits per heavy atom. The van der Waals surface area contributed by atoms with E-state index in [0.29, 0.717) is 5.02 Å². The van der Waals surface area contributed by atoms with Crippen LogP contribution in [0.4, 0.5) is 5.69 Å². The van der Waals surface area contributed by atoms with Crippen molar-refractivity contribution in [1.82, 2.24) is 5.32 Å². The van der Waals surface area contributed by atoms with E-state index in [2.05, 4.69) is 22.8 Å². The normalized spacial score (nSPS) is 14.8. The second kappa shape index (κ2) is 10.3.